The first-order chi connectivity index (χ1) is 7.25. The third-order valence-electron chi connectivity index (χ3n) is 2.05. The Morgan fingerprint density at radius 1 is 1.47 bits per heavy atom. The summed E-state index contributed by atoms with van der Waals surface area (Å²) in [7, 11) is 0. The van der Waals surface area contributed by atoms with Gasteiger partial charge in [-0.1, -0.05) is 0 Å². The summed E-state index contributed by atoms with van der Waals surface area (Å²) in [5, 5.41) is 5.21. The molecule has 0 atom stereocenters. The van der Waals surface area contributed by atoms with Crippen molar-refractivity contribution >= 4 is 23.1 Å². The molecule has 3 N–H and O–H groups in total. The lowest BCUT2D eigenvalue weighted by atomic mass is 10.3. The van der Waals surface area contributed by atoms with Crippen LogP contribution in [0, 0.1) is 6.92 Å². The molecule has 0 aliphatic rings. The average molecular weight is 220 g/mol. The minimum Gasteiger partial charge on any atom is -0.384 e. The van der Waals surface area contributed by atoms with Crippen molar-refractivity contribution < 1.29 is 0 Å². The van der Waals surface area contributed by atoms with E-state index in [1.165, 1.54) is 10.4 Å². The number of aromatic nitrogens is 2. The maximum absolute atomic E-state index is 5.55. The van der Waals surface area contributed by atoms with Crippen molar-refractivity contribution in [1.82, 2.24) is 9.97 Å². The standard InChI is InChI=1S/C10H12N4S/c1-7-3-5-15-8(7)6-13-10-12-4-2-9(11)14-10/h2-5H,6H2,1H3,(H3,11,12,13,14). The molecular weight excluding hydrogens is 208 g/mol. The van der Waals surface area contributed by atoms with E-state index >= 15 is 0 Å². The van der Waals surface area contributed by atoms with E-state index in [9.17, 15) is 0 Å². The van der Waals surface area contributed by atoms with Gasteiger partial charge in [-0.3, -0.25) is 0 Å². The number of nitrogens with zero attached hydrogens (tertiary/aromatic N) is 2. The van der Waals surface area contributed by atoms with Crippen molar-refractivity contribution in [2.45, 2.75) is 13.5 Å². The molecule has 2 aromatic heterocycles. The Kier molecular flexibility index (Phi) is 2.82. The molecule has 0 unspecified atom stereocenters. The maximum atomic E-state index is 5.55. The lowest BCUT2D eigenvalue weighted by Gasteiger charge is -2.03. The van der Waals surface area contributed by atoms with Gasteiger partial charge < -0.3 is 11.1 Å². The van der Waals surface area contributed by atoms with Crippen LogP contribution >= 0.6 is 11.3 Å². The van der Waals surface area contributed by atoms with Gasteiger partial charge in [-0.05, 0) is 30.0 Å². The molecule has 0 fully saturated rings. The molecule has 2 aromatic rings. The zero-order valence-corrected chi connectivity index (χ0v) is 9.21. The van der Waals surface area contributed by atoms with E-state index in [2.05, 4.69) is 33.7 Å². The zero-order valence-electron chi connectivity index (χ0n) is 8.40. The van der Waals surface area contributed by atoms with E-state index in [4.69, 9.17) is 5.73 Å². The summed E-state index contributed by atoms with van der Waals surface area (Å²) >= 11 is 1.72. The fourth-order valence-electron chi connectivity index (χ4n) is 1.20. The minimum atomic E-state index is 0.482. The second kappa shape index (κ2) is 4.27. The summed E-state index contributed by atoms with van der Waals surface area (Å²) < 4.78 is 0. The highest BCUT2D eigenvalue weighted by molar-refractivity contribution is 7.10. The van der Waals surface area contributed by atoms with Crippen molar-refractivity contribution in [3.05, 3.63) is 34.2 Å². The predicted molar refractivity (Wildman–Crippen MR) is 62.8 cm³/mol. The lowest BCUT2D eigenvalue weighted by Crippen LogP contribution is -2.04. The van der Waals surface area contributed by atoms with Gasteiger partial charge in [-0.25, -0.2) is 4.98 Å². The molecule has 0 aliphatic carbocycles. The Morgan fingerprint density at radius 2 is 2.33 bits per heavy atom. The number of thiophene rings is 1. The second-order valence-corrected chi connectivity index (χ2v) is 4.19. The Bertz CT molecular complexity index is 452. The third kappa shape index (κ3) is 2.44. The van der Waals surface area contributed by atoms with Gasteiger partial charge in [0, 0.05) is 11.1 Å². The van der Waals surface area contributed by atoms with E-state index in [1.54, 1.807) is 23.6 Å². The molecule has 0 saturated carbocycles. The molecule has 4 nitrogen and oxygen atoms in total. The Morgan fingerprint density at radius 3 is 3.00 bits per heavy atom. The van der Waals surface area contributed by atoms with Crippen molar-refractivity contribution in [1.29, 1.82) is 0 Å². The Hall–Kier alpha value is -1.62. The van der Waals surface area contributed by atoms with Gasteiger partial charge in [0.05, 0.1) is 6.54 Å². The monoisotopic (exact) mass is 220 g/mol. The summed E-state index contributed by atoms with van der Waals surface area (Å²) in [5.41, 5.74) is 6.84. The number of nitrogen functional groups attached to an aromatic ring is 1. The Labute approximate surface area is 92.2 Å². The number of hydrogen-bond acceptors (Lipinski definition) is 5. The van der Waals surface area contributed by atoms with E-state index in [1.807, 2.05) is 0 Å². The van der Waals surface area contributed by atoms with Crippen LogP contribution in [0.5, 0.6) is 0 Å². The van der Waals surface area contributed by atoms with Gasteiger partial charge in [-0.2, -0.15) is 4.98 Å². The first kappa shape index (κ1) is 9.92. The van der Waals surface area contributed by atoms with Crippen molar-refractivity contribution in [2.75, 3.05) is 11.1 Å². The van der Waals surface area contributed by atoms with Crippen LogP contribution in [0.1, 0.15) is 10.4 Å². The molecule has 0 amide bonds. The van der Waals surface area contributed by atoms with E-state index in [0.717, 1.165) is 6.54 Å². The molecule has 0 saturated heterocycles. The molecule has 0 aromatic carbocycles. The lowest BCUT2D eigenvalue weighted by molar-refractivity contribution is 1.07. The van der Waals surface area contributed by atoms with Crippen LogP contribution in [0.3, 0.4) is 0 Å². The van der Waals surface area contributed by atoms with Crippen LogP contribution in [-0.2, 0) is 6.54 Å². The van der Waals surface area contributed by atoms with Crippen LogP contribution < -0.4 is 11.1 Å². The van der Waals surface area contributed by atoms with Gasteiger partial charge in [0.25, 0.3) is 0 Å². The minimum absolute atomic E-state index is 0.482. The molecule has 2 heterocycles. The van der Waals surface area contributed by atoms with Crippen LogP contribution in [-0.4, -0.2) is 9.97 Å². The normalized spacial score (nSPS) is 10.2. The Balaban J connectivity index is 2.02. The quantitative estimate of drug-likeness (QED) is 0.830. The predicted octanol–water partition coefficient (Wildman–Crippen LogP) is 2.04. The summed E-state index contributed by atoms with van der Waals surface area (Å²) in [6.07, 6.45) is 1.64. The smallest absolute Gasteiger partial charge is 0.224 e. The molecule has 15 heavy (non-hydrogen) atoms. The molecule has 0 aliphatic heterocycles. The van der Waals surface area contributed by atoms with Gasteiger partial charge >= 0.3 is 0 Å². The summed E-state index contributed by atoms with van der Waals surface area (Å²) in [6.45, 7) is 2.83. The van der Waals surface area contributed by atoms with Gasteiger partial charge in [0.1, 0.15) is 5.82 Å². The van der Waals surface area contributed by atoms with Crippen molar-refractivity contribution in [3.63, 3.8) is 0 Å². The van der Waals surface area contributed by atoms with Crippen molar-refractivity contribution in [3.8, 4) is 0 Å². The van der Waals surface area contributed by atoms with Crippen LogP contribution in [0.2, 0.25) is 0 Å². The topological polar surface area (TPSA) is 63.8 Å². The van der Waals surface area contributed by atoms with Gasteiger partial charge in [0.2, 0.25) is 5.95 Å². The van der Waals surface area contributed by atoms with Crippen LogP contribution in [0.15, 0.2) is 23.7 Å². The number of rotatable bonds is 3. The van der Waals surface area contributed by atoms with Gasteiger partial charge in [0.15, 0.2) is 0 Å². The third-order valence-corrected chi connectivity index (χ3v) is 3.08. The van der Waals surface area contributed by atoms with Crippen LogP contribution in [0.4, 0.5) is 11.8 Å². The zero-order chi connectivity index (χ0) is 10.7. The summed E-state index contributed by atoms with van der Waals surface area (Å²) in [5.74, 6) is 1.05. The van der Waals surface area contributed by atoms with Crippen molar-refractivity contribution in [2.24, 2.45) is 0 Å². The van der Waals surface area contributed by atoms with Crippen LogP contribution in [0.25, 0.3) is 0 Å². The fourth-order valence-corrected chi connectivity index (χ4v) is 2.05. The number of nitrogens with one attached hydrogen (secondary N) is 1. The molecule has 0 spiro atoms. The summed E-state index contributed by atoms with van der Waals surface area (Å²) in [4.78, 5) is 9.43. The average Bonchev–Trinajstić information content (AvgIpc) is 2.61. The molecule has 0 radical (unpaired) electrons. The molecule has 5 heteroatoms. The maximum Gasteiger partial charge on any atom is 0.224 e. The van der Waals surface area contributed by atoms with E-state index in [-0.39, 0.29) is 0 Å². The fraction of sp³-hybridized carbons (Fsp3) is 0.200. The SMILES string of the molecule is Cc1ccsc1CNc1nccc(N)n1. The number of anilines is 2. The number of hydrogen-bond donors (Lipinski definition) is 2. The molecule has 2 rings (SSSR count). The molecule has 78 valence electrons. The summed E-state index contributed by atoms with van der Waals surface area (Å²) in [6, 6.07) is 3.77. The molecular formula is C10H12N4S. The van der Waals surface area contributed by atoms with E-state index in [0.29, 0.717) is 11.8 Å². The highest BCUT2D eigenvalue weighted by atomic mass is 32.1. The largest absolute Gasteiger partial charge is 0.384 e. The van der Waals surface area contributed by atoms with E-state index < -0.39 is 0 Å². The molecule has 0 bridgehead atoms. The number of aryl methyl sites for hydroxylation is 1. The first-order valence-corrected chi connectivity index (χ1v) is 5.49. The highest BCUT2D eigenvalue weighted by Crippen LogP contribution is 2.16. The van der Waals surface area contributed by atoms with Gasteiger partial charge in [-0.15, -0.1) is 11.3 Å². The number of nitrogens with two attached hydrogens (primary N) is 1. The highest BCUT2D eigenvalue weighted by Gasteiger charge is 2.00. The first-order valence-electron chi connectivity index (χ1n) is 4.61. The second-order valence-electron chi connectivity index (χ2n) is 3.19.